The SMILES string of the molecule is FC(F)(F)c1cc(COc2ccc3[nH]c4c(c3c2)CCC4)ccc1OCC1CC1. The number of fused-ring (bicyclic) bond motifs is 3. The lowest BCUT2D eigenvalue weighted by molar-refractivity contribution is -0.139. The van der Waals surface area contributed by atoms with Crippen LogP contribution in [0.3, 0.4) is 0 Å². The number of halogens is 3. The van der Waals surface area contributed by atoms with E-state index in [9.17, 15) is 13.2 Å². The van der Waals surface area contributed by atoms with E-state index >= 15 is 0 Å². The number of ether oxygens (including phenoxy) is 2. The van der Waals surface area contributed by atoms with E-state index in [0.717, 1.165) is 49.1 Å². The van der Waals surface area contributed by atoms with Crippen LogP contribution in [-0.4, -0.2) is 11.6 Å². The molecule has 29 heavy (non-hydrogen) atoms. The van der Waals surface area contributed by atoms with Crippen molar-refractivity contribution in [1.29, 1.82) is 0 Å². The first-order valence-corrected chi connectivity index (χ1v) is 10.1. The summed E-state index contributed by atoms with van der Waals surface area (Å²) in [5.74, 6) is 0.954. The summed E-state index contributed by atoms with van der Waals surface area (Å²) in [4.78, 5) is 3.44. The van der Waals surface area contributed by atoms with Crippen LogP contribution in [0.1, 0.15) is 41.6 Å². The molecule has 2 aliphatic carbocycles. The van der Waals surface area contributed by atoms with Crippen molar-refractivity contribution < 1.29 is 22.6 Å². The molecule has 0 amide bonds. The van der Waals surface area contributed by atoms with E-state index in [1.165, 1.54) is 17.3 Å². The van der Waals surface area contributed by atoms with E-state index in [0.29, 0.717) is 23.8 Å². The summed E-state index contributed by atoms with van der Waals surface area (Å²) < 4.78 is 51.7. The summed E-state index contributed by atoms with van der Waals surface area (Å²) in [6, 6.07) is 9.99. The standard InChI is InChI=1S/C23H22F3NO2/c24-23(25,26)19-10-15(6-9-22(19)29-12-14-4-5-14)13-28-16-7-8-21-18(11-16)17-2-1-3-20(17)27-21/h6-11,14,27H,1-5,12-13H2. The molecule has 0 bridgehead atoms. The van der Waals surface area contributed by atoms with Crippen molar-refractivity contribution in [2.45, 2.75) is 44.9 Å². The predicted molar refractivity (Wildman–Crippen MR) is 104 cm³/mol. The highest BCUT2D eigenvalue weighted by Crippen LogP contribution is 2.39. The van der Waals surface area contributed by atoms with Gasteiger partial charge in [-0.2, -0.15) is 13.2 Å². The number of alkyl halides is 3. The molecule has 152 valence electrons. The Balaban J connectivity index is 1.34. The number of aryl methyl sites for hydroxylation is 2. The summed E-state index contributed by atoms with van der Waals surface area (Å²) in [6.45, 7) is 0.421. The Morgan fingerprint density at radius 2 is 1.86 bits per heavy atom. The van der Waals surface area contributed by atoms with Crippen LogP contribution < -0.4 is 9.47 Å². The molecule has 0 spiro atoms. The molecule has 2 aromatic carbocycles. The lowest BCUT2D eigenvalue weighted by atomic mass is 10.1. The lowest BCUT2D eigenvalue weighted by Gasteiger charge is -2.15. The lowest BCUT2D eigenvalue weighted by Crippen LogP contribution is -2.11. The molecule has 1 heterocycles. The molecule has 0 aliphatic heterocycles. The predicted octanol–water partition coefficient (Wildman–Crippen LogP) is 6.04. The Morgan fingerprint density at radius 3 is 2.66 bits per heavy atom. The van der Waals surface area contributed by atoms with Crippen LogP contribution in [0.15, 0.2) is 36.4 Å². The molecule has 3 aromatic rings. The third-order valence-electron chi connectivity index (χ3n) is 5.75. The van der Waals surface area contributed by atoms with Gasteiger partial charge in [0, 0.05) is 16.6 Å². The van der Waals surface area contributed by atoms with Gasteiger partial charge in [-0.15, -0.1) is 0 Å². The van der Waals surface area contributed by atoms with E-state index in [2.05, 4.69) is 4.98 Å². The zero-order valence-corrected chi connectivity index (χ0v) is 15.9. The molecule has 1 fully saturated rings. The van der Waals surface area contributed by atoms with Crippen molar-refractivity contribution in [1.82, 2.24) is 4.98 Å². The summed E-state index contributed by atoms with van der Waals surface area (Å²) in [5.41, 5.74) is 3.43. The van der Waals surface area contributed by atoms with Gasteiger partial charge in [0.2, 0.25) is 0 Å². The largest absolute Gasteiger partial charge is 0.493 e. The van der Waals surface area contributed by atoms with Gasteiger partial charge < -0.3 is 14.5 Å². The first kappa shape index (κ1) is 18.4. The van der Waals surface area contributed by atoms with Gasteiger partial charge in [0.25, 0.3) is 0 Å². The molecule has 3 nitrogen and oxygen atoms in total. The van der Waals surface area contributed by atoms with Crippen LogP contribution >= 0.6 is 0 Å². The number of aromatic amines is 1. The minimum absolute atomic E-state index is 0.0735. The Hall–Kier alpha value is -2.63. The molecule has 0 radical (unpaired) electrons. The molecule has 0 unspecified atom stereocenters. The zero-order chi connectivity index (χ0) is 20.0. The van der Waals surface area contributed by atoms with Gasteiger partial charge in [0.15, 0.2) is 0 Å². The van der Waals surface area contributed by atoms with Crippen LogP contribution in [0.2, 0.25) is 0 Å². The number of benzene rings is 2. The minimum Gasteiger partial charge on any atom is -0.493 e. The highest BCUT2D eigenvalue weighted by molar-refractivity contribution is 5.86. The van der Waals surface area contributed by atoms with Gasteiger partial charge >= 0.3 is 6.18 Å². The summed E-state index contributed by atoms with van der Waals surface area (Å²) in [7, 11) is 0. The fourth-order valence-electron chi connectivity index (χ4n) is 3.99. The van der Waals surface area contributed by atoms with Gasteiger partial charge in [-0.05, 0) is 79.5 Å². The van der Waals surface area contributed by atoms with Crippen LogP contribution in [0.25, 0.3) is 10.9 Å². The van der Waals surface area contributed by atoms with Crippen LogP contribution in [-0.2, 0) is 25.6 Å². The fraction of sp³-hybridized carbons (Fsp3) is 0.391. The fourth-order valence-corrected chi connectivity index (χ4v) is 3.99. The Kier molecular flexibility index (Phi) is 4.45. The Morgan fingerprint density at radius 1 is 1.00 bits per heavy atom. The molecule has 1 aromatic heterocycles. The first-order chi connectivity index (χ1) is 14.0. The van der Waals surface area contributed by atoms with Crippen molar-refractivity contribution in [2.75, 3.05) is 6.61 Å². The summed E-state index contributed by atoms with van der Waals surface area (Å²) in [6.07, 6.45) is 0.868. The average molecular weight is 401 g/mol. The van der Waals surface area contributed by atoms with E-state index in [1.807, 2.05) is 18.2 Å². The highest BCUT2D eigenvalue weighted by Gasteiger charge is 2.35. The van der Waals surface area contributed by atoms with Crippen LogP contribution in [0, 0.1) is 5.92 Å². The second kappa shape index (κ2) is 7.01. The van der Waals surface area contributed by atoms with Crippen molar-refractivity contribution in [2.24, 2.45) is 5.92 Å². The van der Waals surface area contributed by atoms with Gasteiger partial charge in [0.05, 0.1) is 12.2 Å². The normalized spacial score (nSPS) is 16.2. The Labute approximate surface area is 166 Å². The average Bonchev–Trinajstić information content (AvgIpc) is 3.30. The number of hydrogen-bond acceptors (Lipinski definition) is 2. The Bertz CT molecular complexity index is 1050. The number of H-pyrrole nitrogens is 1. The number of rotatable bonds is 6. The van der Waals surface area contributed by atoms with E-state index in [1.54, 1.807) is 6.07 Å². The summed E-state index contributed by atoms with van der Waals surface area (Å²) in [5, 5.41) is 1.15. The molecule has 6 heteroatoms. The van der Waals surface area contributed by atoms with Gasteiger partial charge in [0.1, 0.15) is 18.1 Å². The first-order valence-electron chi connectivity index (χ1n) is 10.1. The maximum atomic E-state index is 13.5. The topological polar surface area (TPSA) is 34.2 Å². The van der Waals surface area contributed by atoms with Crippen LogP contribution in [0.4, 0.5) is 13.2 Å². The molecular formula is C23H22F3NO2. The van der Waals surface area contributed by atoms with E-state index in [-0.39, 0.29) is 12.4 Å². The van der Waals surface area contributed by atoms with Gasteiger partial charge in [-0.25, -0.2) is 0 Å². The van der Waals surface area contributed by atoms with Gasteiger partial charge in [-0.3, -0.25) is 0 Å². The van der Waals surface area contributed by atoms with Crippen LogP contribution in [0.5, 0.6) is 11.5 Å². The maximum Gasteiger partial charge on any atom is 0.419 e. The minimum atomic E-state index is -4.46. The molecule has 1 saturated carbocycles. The smallest absolute Gasteiger partial charge is 0.419 e. The molecule has 1 N–H and O–H groups in total. The molecular weight excluding hydrogens is 379 g/mol. The number of nitrogens with one attached hydrogen (secondary N) is 1. The molecule has 0 saturated heterocycles. The number of aromatic nitrogens is 1. The number of hydrogen-bond donors (Lipinski definition) is 1. The molecule has 0 atom stereocenters. The van der Waals surface area contributed by atoms with Crippen molar-refractivity contribution >= 4 is 10.9 Å². The van der Waals surface area contributed by atoms with E-state index in [4.69, 9.17) is 9.47 Å². The maximum absolute atomic E-state index is 13.5. The third-order valence-corrected chi connectivity index (χ3v) is 5.75. The quantitative estimate of drug-likeness (QED) is 0.546. The summed E-state index contributed by atoms with van der Waals surface area (Å²) >= 11 is 0. The van der Waals surface area contributed by atoms with Crippen molar-refractivity contribution in [3.63, 3.8) is 0 Å². The second-order valence-electron chi connectivity index (χ2n) is 8.01. The third kappa shape index (κ3) is 3.80. The van der Waals surface area contributed by atoms with Crippen molar-refractivity contribution in [3.05, 3.63) is 58.8 Å². The molecule has 2 aliphatic rings. The monoisotopic (exact) mass is 401 g/mol. The van der Waals surface area contributed by atoms with Gasteiger partial charge in [-0.1, -0.05) is 6.07 Å². The van der Waals surface area contributed by atoms with Crippen molar-refractivity contribution in [3.8, 4) is 11.5 Å². The highest BCUT2D eigenvalue weighted by atomic mass is 19.4. The molecule has 5 rings (SSSR count). The zero-order valence-electron chi connectivity index (χ0n) is 15.9. The van der Waals surface area contributed by atoms with E-state index < -0.39 is 11.7 Å². The second-order valence-corrected chi connectivity index (χ2v) is 8.01.